The van der Waals surface area contributed by atoms with Gasteiger partial charge in [-0.25, -0.2) is 4.39 Å². The molecule has 0 spiro atoms. The van der Waals surface area contributed by atoms with E-state index in [9.17, 15) is 14.5 Å². The molecular weight excluding hydrogens is 363 g/mol. The highest BCUT2D eigenvalue weighted by Gasteiger charge is 2.14. The van der Waals surface area contributed by atoms with E-state index >= 15 is 0 Å². The summed E-state index contributed by atoms with van der Waals surface area (Å²) in [7, 11) is 0. The van der Waals surface area contributed by atoms with Gasteiger partial charge in [0.05, 0.1) is 15.6 Å². The molecule has 2 aromatic carbocycles. The average molecular weight is 374 g/mol. The molecule has 0 aliphatic heterocycles. The Labute approximate surface area is 134 Å². The molecule has 0 fully saturated rings. The first-order valence-corrected chi connectivity index (χ1v) is 7.21. The Balaban J connectivity index is 2.28. The summed E-state index contributed by atoms with van der Waals surface area (Å²) in [4.78, 5) is 10.3. The highest BCUT2D eigenvalue weighted by Crippen LogP contribution is 2.34. The van der Waals surface area contributed by atoms with Gasteiger partial charge in [0.1, 0.15) is 5.82 Å². The smallest absolute Gasteiger partial charge is 0.269 e. The standard InChI is InChI=1S/C14H11BrClFN2O2/c1-8(9-3-2-4-11(5-9)19(20)21)18-14-12(15)6-10(17)7-13(14)16/h2-8,18H,1H3. The quantitative estimate of drug-likeness (QED) is 0.582. The molecule has 0 saturated carbocycles. The van der Waals surface area contributed by atoms with E-state index in [4.69, 9.17) is 11.6 Å². The SMILES string of the molecule is CC(Nc1c(Cl)cc(F)cc1Br)c1cccc([N+](=O)[O-])c1. The molecular formula is C14H11BrClFN2O2. The molecule has 0 saturated heterocycles. The number of halogens is 3. The Hall–Kier alpha value is -1.66. The largest absolute Gasteiger partial charge is 0.376 e. The summed E-state index contributed by atoms with van der Waals surface area (Å²) in [5.74, 6) is -0.444. The third-order valence-electron chi connectivity index (χ3n) is 2.95. The molecule has 0 bridgehead atoms. The summed E-state index contributed by atoms with van der Waals surface area (Å²) in [6.07, 6.45) is 0. The van der Waals surface area contributed by atoms with Gasteiger partial charge in [-0.3, -0.25) is 10.1 Å². The molecule has 2 rings (SSSR count). The average Bonchev–Trinajstić information content (AvgIpc) is 2.42. The van der Waals surface area contributed by atoms with Crippen LogP contribution in [0, 0.1) is 15.9 Å². The van der Waals surface area contributed by atoms with Gasteiger partial charge in [-0.05, 0) is 40.5 Å². The molecule has 0 radical (unpaired) electrons. The van der Waals surface area contributed by atoms with Gasteiger partial charge in [-0.1, -0.05) is 23.7 Å². The van der Waals surface area contributed by atoms with Gasteiger partial charge in [0, 0.05) is 22.6 Å². The summed E-state index contributed by atoms with van der Waals surface area (Å²) < 4.78 is 13.7. The summed E-state index contributed by atoms with van der Waals surface area (Å²) in [6, 6.07) is 8.58. The molecule has 0 aromatic heterocycles. The Morgan fingerprint density at radius 2 is 2.10 bits per heavy atom. The lowest BCUT2D eigenvalue weighted by Gasteiger charge is -2.18. The van der Waals surface area contributed by atoms with Crippen molar-refractivity contribution in [1.29, 1.82) is 0 Å². The molecule has 0 aliphatic rings. The second-order valence-electron chi connectivity index (χ2n) is 4.46. The summed E-state index contributed by atoms with van der Waals surface area (Å²) >= 11 is 9.25. The molecule has 0 aliphatic carbocycles. The van der Waals surface area contributed by atoms with E-state index in [1.54, 1.807) is 12.1 Å². The lowest BCUT2D eigenvalue weighted by atomic mass is 10.1. The van der Waals surface area contributed by atoms with Crippen LogP contribution in [0.4, 0.5) is 15.8 Å². The van der Waals surface area contributed by atoms with Crippen molar-refractivity contribution in [3.63, 3.8) is 0 Å². The molecule has 1 atom stereocenters. The predicted octanol–water partition coefficient (Wildman–Crippen LogP) is 5.32. The second-order valence-corrected chi connectivity index (χ2v) is 5.72. The van der Waals surface area contributed by atoms with Crippen LogP contribution in [0.5, 0.6) is 0 Å². The van der Waals surface area contributed by atoms with Crippen molar-refractivity contribution < 1.29 is 9.31 Å². The van der Waals surface area contributed by atoms with Crippen LogP contribution in [0.3, 0.4) is 0 Å². The number of rotatable bonds is 4. The van der Waals surface area contributed by atoms with Crippen LogP contribution in [0.25, 0.3) is 0 Å². The van der Waals surface area contributed by atoms with E-state index < -0.39 is 10.7 Å². The van der Waals surface area contributed by atoms with E-state index in [1.165, 1.54) is 24.3 Å². The first kappa shape index (κ1) is 15.7. The molecule has 21 heavy (non-hydrogen) atoms. The van der Waals surface area contributed by atoms with Gasteiger partial charge in [-0.15, -0.1) is 0 Å². The van der Waals surface area contributed by atoms with Gasteiger partial charge in [0.2, 0.25) is 0 Å². The third-order valence-corrected chi connectivity index (χ3v) is 3.87. The predicted molar refractivity (Wildman–Crippen MR) is 84.2 cm³/mol. The first-order chi connectivity index (χ1) is 9.88. The fourth-order valence-corrected chi connectivity index (χ4v) is 2.81. The molecule has 2 aromatic rings. The highest BCUT2D eigenvalue weighted by molar-refractivity contribution is 9.10. The minimum Gasteiger partial charge on any atom is -0.376 e. The number of nitro groups is 1. The zero-order valence-corrected chi connectivity index (χ0v) is 13.3. The Bertz CT molecular complexity index is 673. The zero-order valence-electron chi connectivity index (χ0n) is 10.9. The molecule has 7 heteroatoms. The Morgan fingerprint density at radius 1 is 1.38 bits per heavy atom. The van der Waals surface area contributed by atoms with Crippen molar-refractivity contribution in [3.05, 3.63) is 67.4 Å². The van der Waals surface area contributed by atoms with Gasteiger partial charge >= 0.3 is 0 Å². The van der Waals surface area contributed by atoms with Crippen molar-refractivity contribution in [2.45, 2.75) is 13.0 Å². The van der Waals surface area contributed by atoms with E-state index in [0.717, 1.165) is 5.56 Å². The maximum atomic E-state index is 13.2. The number of non-ortho nitro benzene ring substituents is 1. The zero-order chi connectivity index (χ0) is 15.6. The van der Waals surface area contributed by atoms with Gasteiger partial charge in [0.25, 0.3) is 5.69 Å². The van der Waals surface area contributed by atoms with Crippen molar-refractivity contribution in [2.75, 3.05) is 5.32 Å². The van der Waals surface area contributed by atoms with E-state index in [-0.39, 0.29) is 16.8 Å². The lowest BCUT2D eigenvalue weighted by Crippen LogP contribution is -2.08. The minimum absolute atomic E-state index is 0.0189. The molecule has 0 heterocycles. The van der Waals surface area contributed by atoms with E-state index in [2.05, 4.69) is 21.2 Å². The number of nitrogens with one attached hydrogen (secondary N) is 1. The Kier molecular flexibility index (Phi) is 4.80. The van der Waals surface area contributed by atoms with Crippen molar-refractivity contribution in [2.24, 2.45) is 0 Å². The first-order valence-electron chi connectivity index (χ1n) is 6.04. The van der Waals surface area contributed by atoms with Crippen LogP contribution in [-0.4, -0.2) is 4.92 Å². The molecule has 0 amide bonds. The molecule has 110 valence electrons. The number of anilines is 1. The van der Waals surface area contributed by atoms with Gasteiger partial charge in [0.15, 0.2) is 0 Å². The van der Waals surface area contributed by atoms with Crippen LogP contribution in [-0.2, 0) is 0 Å². The maximum Gasteiger partial charge on any atom is 0.269 e. The minimum atomic E-state index is -0.447. The number of benzene rings is 2. The topological polar surface area (TPSA) is 55.2 Å². The number of nitro benzene ring substituents is 1. The van der Waals surface area contributed by atoms with E-state index in [1.807, 2.05) is 6.92 Å². The molecule has 1 unspecified atom stereocenters. The fraction of sp³-hybridized carbons (Fsp3) is 0.143. The van der Waals surface area contributed by atoms with Crippen LogP contribution < -0.4 is 5.32 Å². The summed E-state index contributed by atoms with van der Waals surface area (Å²) in [6.45, 7) is 1.84. The number of hydrogen-bond donors (Lipinski definition) is 1. The van der Waals surface area contributed by atoms with Crippen molar-refractivity contribution >= 4 is 38.9 Å². The van der Waals surface area contributed by atoms with Crippen molar-refractivity contribution in [1.82, 2.24) is 0 Å². The monoisotopic (exact) mass is 372 g/mol. The Morgan fingerprint density at radius 3 is 2.71 bits per heavy atom. The fourth-order valence-electron chi connectivity index (χ4n) is 1.89. The maximum absolute atomic E-state index is 13.2. The summed E-state index contributed by atoms with van der Waals surface area (Å²) in [5.41, 5.74) is 1.29. The normalized spacial score (nSPS) is 12.0. The van der Waals surface area contributed by atoms with Crippen LogP contribution in [0.15, 0.2) is 40.9 Å². The van der Waals surface area contributed by atoms with E-state index in [0.29, 0.717) is 10.2 Å². The van der Waals surface area contributed by atoms with Gasteiger partial charge in [-0.2, -0.15) is 0 Å². The molecule has 1 N–H and O–H groups in total. The second kappa shape index (κ2) is 6.41. The van der Waals surface area contributed by atoms with Gasteiger partial charge < -0.3 is 5.32 Å². The third kappa shape index (κ3) is 3.71. The summed E-state index contributed by atoms with van der Waals surface area (Å²) in [5, 5.41) is 14.1. The highest BCUT2D eigenvalue weighted by atomic mass is 79.9. The number of hydrogen-bond acceptors (Lipinski definition) is 3. The van der Waals surface area contributed by atoms with Crippen LogP contribution in [0.2, 0.25) is 5.02 Å². The van der Waals surface area contributed by atoms with Crippen LogP contribution in [0.1, 0.15) is 18.5 Å². The lowest BCUT2D eigenvalue weighted by molar-refractivity contribution is -0.384. The van der Waals surface area contributed by atoms with Crippen molar-refractivity contribution in [3.8, 4) is 0 Å². The number of nitrogens with zero attached hydrogens (tertiary/aromatic N) is 1. The van der Waals surface area contributed by atoms with Crippen LogP contribution >= 0.6 is 27.5 Å². The molecule has 4 nitrogen and oxygen atoms in total.